The van der Waals surface area contributed by atoms with Gasteiger partial charge in [0.25, 0.3) is 0 Å². The van der Waals surface area contributed by atoms with Crippen LogP contribution in [0.15, 0.2) is 24.3 Å². The molecule has 2 unspecified atom stereocenters. The van der Waals surface area contributed by atoms with E-state index in [1.807, 2.05) is 12.1 Å². The van der Waals surface area contributed by atoms with Crippen LogP contribution in [-0.2, 0) is 4.79 Å². The van der Waals surface area contributed by atoms with E-state index in [-0.39, 0.29) is 5.91 Å². The Bertz CT molecular complexity index is 444. The largest absolute Gasteiger partial charge is 0.399 e. The van der Waals surface area contributed by atoms with Crippen molar-refractivity contribution in [3.05, 3.63) is 24.3 Å². The van der Waals surface area contributed by atoms with Gasteiger partial charge in [-0.3, -0.25) is 9.69 Å². The molecule has 0 aliphatic carbocycles. The Labute approximate surface area is 121 Å². The van der Waals surface area contributed by atoms with Crippen LogP contribution in [0, 0.1) is 0 Å². The van der Waals surface area contributed by atoms with E-state index in [1.54, 1.807) is 12.1 Å². The number of nitrogen functional groups attached to an aromatic ring is 1. The molecule has 1 aliphatic heterocycles. The first-order valence-electron chi connectivity index (χ1n) is 7.51. The number of likely N-dealkylation sites (tertiary alicyclic amines) is 1. The van der Waals surface area contributed by atoms with Gasteiger partial charge in [-0.05, 0) is 50.5 Å². The second-order valence-corrected chi connectivity index (χ2v) is 5.65. The van der Waals surface area contributed by atoms with Crippen molar-refractivity contribution < 1.29 is 4.79 Å². The molecule has 0 saturated carbocycles. The molecule has 1 amide bonds. The molecular formula is C16H25N3O. The van der Waals surface area contributed by atoms with E-state index in [0.29, 0.717) is 24.2 Å². The van der Waals surface area contributed by atoms with Gasteiger partial charge in [0, 0.05) is 36.4 Å². The van der Waals surface area contributed by atoms with Crippen molar-refractivity contribution in [2.45, 2.75) is 51.6 Å². The van der Waals surface area contributed by atoms with Gasteiger partial charge in [0.15, 0.2) is 0 Å². The molecule has 1 aliphatic rings. The summed E-state index contributed by atoms with van der Waals surface area (Å²) in [6, 6.07) is 8.51. The number of rotatable bonds is 5. The summed E-state index contributed by atoms with van der Waals surface area (Å²) in [5.41, 5.74) is 7.14. The minimum absolute atomic E-state index is 0.0729. The average molecular weight is 275 g/mol. The van der Waals surface area contributed by atoms with Crippen molar-refractivity contribution in [3.63, 3.8) is 0 Å². The number of carbonyl (C=O) groups is 1. The molecule has 0 bridgehead atoms. The third kappa shape index (κ3) is 3.73. The highest BCUT2D eigenvalue weighted by Gasteiger charge is 2.28. The Kier molecular flexibility index (Phi) is 5.01. The molecule has 3 N–H and O–H groups in total. The number of carbonyl (C=O) groups excluding carboxylic acids is 1. The summed E-state index contributed by atoms with van der Waals surface area (Å²) in [6.07, 6.45) is 4.23. The lowest BCUT2D eigenvalue weighted by molar-refractivity contribution is -0.116. The number of anilines is 2. The number of nitrogens with one attached hydrogen (secondary N) is 1. The van der Waals surface area contributed by atoms with Crippen LogP contribution in [0.1, 0.15) is 39.5 Å². The zero-order chi connectivity index (χ0) is 14.5. The van der Waals surface area contributed by atoms with Crippen LogP contribution < -0.4 is 11.1 Å². The Hall–Kier alpha value is -1.55. The second kappa shape index (κ2) is 6.75. The van der Waals surface area contributed by atoms with E-state index in [9.17, 15) is 4.79 Å². The van der Waals surface area contributed by atoms with Gasteiger partial charge in [0.05, 0.1) is 0 Å². The van der Waals surface area contributed by atoms with Crippen LogP contribution in [0.25, 0.3) is 0 Å². The van der Waals surface area contributed by atoms with Crippen LogP contribution in [0.2, 0.25) is 0 Å². The van der Waals surface area contributed by atoms with E-state index < -0.39 is 0 Å². The first kappa shape index (κ1) is 14.9. The summed E-state index contributed by atoms with van der Waals surface area (Å²) in [5.74, 6) is 0.0729. The molecule has 1 aromatic carbocycles. The fourth-order valence-electron chi connectivity index (χ4n) is 2.99. The normalized spacial score (nSPS) is 22.9. The molecular weight excluding hydrogens is 250 g/mol. The molecule has 0 aromatic heterocycles. The van der Waals surface area contributed by atoms with Crippen molar-refractivity contribution in [1.29, 1.82) is 0 Å². The summed E-state index contributed by atoms with van der Waals surface area (Å²) in [4.78, 5) is 14.5. The van der Waals surface area contributed by atoms with Gasteiger partial charge in [-0.25, -0.2) is 0 Å². The molecule has 4 nitrogen and oxygen atoms in total. The Morgan fingerprint density at radius 1 is 1.35 bits per heavy atom. The number of nitrogens with zero attached hydrogens (tertiary/aromatic N) is 1. The lowest BCUT2D eigenvalue weighted by atomic mass is 10.1. The maximum absolute atomic E-state index is 12.0. The minimum Gasteiger partial charge on any atom is -0.399 e. The zero-order valence-electron chi connectivity index (χ0n) is 12.4. The summed E-state index contributed by atoms with van der Waals surface area (Å²) in [5, 5.41) is 2.92. The Morgan fingerprint density at radius 2 is 2.05 bits per heavy atom. The van der Waals surface area contributed by atoms with Crippen molar-refractivity contribution in [3.8, 4) is 0 Å². The summed E-state index contributed by atoms with van der Waals surface area (Å²) < 4.78 is 0. The maximum atomic E-state index is 12.0. The van der Waals surface area contributed by atoms with Crippen LogP contribution in [0.3, 0.4) is 0 Å². The van der Waals surface area contributed by atoms with E-state index in [4.69, 9.17) is 5.73 Å². The van der Waals surface area contributed by atoms with Gasteiger partial charge in [0.1, 0.15) is 0 Å². The van der Waals surface area contributed by atoms with Crippen LogP contribution >= 0.6 is 0 Å². The van der Waals surface area contributed by atoms with Crippen molar-refractivity contribution >= 4 is 17.3 Å². The molecule has 2 rings (SSSR count). The quantitative estimate of drug-likeness (QED) is 0.812. The summed E-state index contributed by atoms with van der Waals surface area (Å²) in [7, 11) is 0. The highest BCUT2D eigenvalue weighted by atomic mass is 16.1. The molecule has 4 heteroatoms. The first-order chi connectivity index (χ1) is 9.60. The van der Waals surface area contributed by atoms with E-state index >= 15 is 0 Å². The highest BCUT2D eigenvalue weighted by molar-refractivity contribution is 5.90. The van der Waals surface area contributed by atoms with Gasteiger partial charge >= 0.3 is 0 Å². The first-order valence-corrected chi connectivity index (χ1v) is 7.51. The Morgan fingerprint density at radius 3 is 2.70 bits per heavy atom. The fourth-order valence-corrected chi connectivity index (χ4v) is 2.99. The summed E-state index contributed by atoms with van der Waals surface area (Å²) in [6.45, 7) is 5.33. The third-order valence-electron chi connectivity index (χ3n) is 4.22. The predicted molar refractivity (Wildman–Crippen MR) is 83.6 cm³/mol. The van der Waals surface area contributed by atoms with Gasteiger partial charge in [-0.1, -0.05) is 6.92 Å². The molecule has 0 spiro atoms. The molecule has 0 radical (unpaired) electrons. The molecule has 1 fully saturated rings. The second-order valence-electron chi connectivity index (χ2n) is 5.65. The monoisotopic (exact) mass is 275 g/mol. The number of nitrogens with two attached hydrogens (primary N) is 1. The topological polar surface area (TPSA) is 58.4 Å². The Balaban J connectivity index is 1.81. The lowest BCUT2D eigenvalue weighted by Crippen LogP contribution is -2.36. The molecule has 110 valence electrons. The SMILES string of the molecule is CCC1CCC(C)N1CCC(=O)Nc1ccc(N)cc1. The van der Waals surface area contributed by atoms with E-state index in [1.165, 1.54) is 19.3 Å². The van der Waals surface area contributed by atoms with Gasteiger partial charge < -0.3 is 11.1 Å². The fraction of sp³-hybridized carbons (Fsp3) is 0.562. The van der Waals surface area contributed by atoms with Gasteiger partial charge in [-0.2, -0.15) is 0 Å². The van der Waals surface area contributed by atoms with Gasteiger partial charge in [0.2, 0.25) is 5.91 Å². The van der Waals surface area contributed by atoms with E-state index in [0.717, 1.165) is 12.2 Å². The molecule has 20 heavy (non-hydrogen) atoms. The van der Waals surface area contributed by atoms with E-state index in [2.05, 4.69) is 24.1 Å². The maximum Gasteiger partial charge on any atom is 0.225 e. The molecule has 1 aromatic rings. The summed E-state index contributed by atoms with van der Waals surface area (Å²) >= 11 is 0. The van der Waals surface area contributed by atoms with Gasteiger partial charge in [-0.15, -0.1) is 0 Å². The molecule has 1 saturated heterocycles. The van der Waals surface area contributed by atoms with Crippen LogP contribution in [-0.4, -0.2) is 29.4 Å². The number of hydrogen-bond donors (Lipinski definition) is 2. The standard InChI is InChI=1S/C16H25N3O/c1-3-15-9-4-12(2)19(15)11-10-16(20)18-14-7-5-13(17)6-8-14/h5-8,12,15H,3-4,9-11,17H2,1-2H3,(H,18,20). The zero-order valence-corrected chi connectivity index (χ0v) is 12.4. The van der Waals surface area contributed by atoms with Crippen molar-refractivity contribution in [2.24, 2.45) is 0 Å². The van der Waals surface area contributed by atoms with Crippen molar-refractivity contribution in [1.82, 2.24) is 4.90 Å². The smallest absolute Gasteiger partial charge is 0.225 e. The number of hydrogen-bond acceptors (Lipinski definition) is 3. The van der Waals surface area contributed by atoms with Crippen LogP contribution in [0.5, 0.6) is 0 Å². The highest BCUT2D eigenvalue weighted by Crippen LogP contribution is 2.25. The predicted octanol–water partition coefficient (Wildman–Crippen LogP) is 2.86. The van der Waals surface area contributed by atoms with Crippen molar-refractivity contribution in [2.75, 3.05) is 17.6 Å². The third-order valence-corrected chi connectivity index (χ3v) is 4.22. The average Bonchev–Trinajstić information content (AvgIpc) is 2.79. The van der Waals surface area contributed by atoms with Crippen LogP contribution in [0.4, 0.5) is 11.4 Å². The molecule has 2 atom stereocenters. The number of benzene rings is 1. The number of amides is 1. The minimum atomic E-state index is 0.0729. The molecule has 1 heterocycles. The lowest BCUT2D eigenvalue weighted by Gasteiger charge is -2.27.